The fourth-order valence-corrected chi connectivity index (χ4v) is 2.89. The summed E-state index contributed by atoms with van der Waals surface area (Å²) in [5.41, 5.74) is 8.14. The zero-order chi connectivity index (χ0) is 15.2. The van der Waals surface area contributed by atoms with Crippen LogP contribution in [0.25, 0.3) is 0 Å². The molecule has 4 heteroatoms. The Morgan fingerprint density at radius 3 is 2.76 bits per heavy atom. The highest BCUT2D eigenvalue weighted by Crippen LogP contribution is 2.18. The Labute approximate surface area is 127 Å². The molecule has 1 aliphatic heterocycles. The molecule has 0 aromatic heterocycles. The first kappa shape index (κ1) is 16.0. The number of nitrogens with one attached hydrogen (secondary N) is 1. The van der Waals surface area contributed by atoms with Gasteiger partial charge in [0.25, 0.3) is 0 Å². The van der Waals surface area contributed by atoms with Crippen molar-refractivity contribution >= 4 is 11.6 Å². The van der Waals surface area contributed by atoms with E-state index in [1.807, 2.05) is 12.1 Å². The smallest absolute Gasteiger partial charge is 0.238 e. The van der Waals surface area contributed by atoms with Crippen LogP contribution >= 0.6 is 0 Å². The van der Waals surface area contributed by atoms with Crippen LogP contribution in [0, 0.1) is 5.92 Å². The molecule has 1 aliphatic rings. The zero-order valence-electron chi connectivity index (χ0n) is 13.1. The Kier molecular flexibility index (Phi) is 5.76. The summed E-state index contributed by atoms with van der Waals surface area (Å²) in [6.45, 7) is 6.56. The second kappa shape index (κ2) is 7.57. The zero-order valence-corrected chi connectivity index (χ0v) is 13.1. The van der Waals surface area contributed by atoms with E-state index >= 15 is 0 Å². The standard InChI is InChI=1S/C17H27N3O/c1-3-14-6-8-16(9-7-14)19-17(21)12-20-10-4-5-15(11-20)13(2)18/h6-9,13,15H,3-5,10-12,18H2,1-2H3,(H,19,21). The van der Waals surface area contributed by atoms with Crippen LogP contribution < -0.4 is 11.1 Å². The van der Waals surface area contributed by atoms with Crippen molar-refractivity contribution in [2.45, 2.75) is 39.2 Å². The highest BCUT2D eigenvalue weighted by atomic mass is 16.2. The van der Waals surface area contributed by atoms with Gasteiger partial charge in [-0.15, -0.1) is 0 Å². The van der Waals surface area contributed by atoms with Gasteiger partial charge in [0.1, 0.15) is 0 Å². The van der Waals surface area contributed by atoms with Gasteiger partial charge < -0.3 is 11.1 Å². The van der Waals surface area contributed by atoms with Crippen molar-refractivity contribution in [1.82, 2.24) is 4.90 Å². The quantitative estimate of drug-likeness (QED) is 0.874. The Balaban J connectivity index is 1.83. The molecule has 0 bridgehead atoms. The van der Waals surface area contributed by atoms with Crippen LogP contribution in [-0.2, 0) is 11.2 Å². The Morgan fingerprint density at radius 2 is 2.14 bits per heavy atom. The van der Waals surface area contributed by atoms with Crippen molar-refractivity contribution in [1.29, 1.82) is 0 Å². The fourth-order valence-electron chi connectivity index (χ4n) is 2.89. The molecule has 0 spiro atoms. The SMILES string of the molecule is CCc1ccc(NC(=O)CN2CCCC(C(C)N)C2)cc1. The number of carbonyl (C=O) groups is 1. The number of benzene rings is 1. The van der Waals surface area contributed by atoms with Gasteiger partial charge in [-0.3, -0.25) is 9.69 Å². The van der Waals surface area contributed by atoms with Gasteiger partial charge in [-0.25, -0.2) is 0 Å². The number of anilines is 1. The number of hydrogen-bond acceptors (Lipinski definition) is 3. The molecule has 2 atom stereocenters. The maximum Gasteiger partial charge on any atom is 0.238 e. The summed E-state index contributed by atoms with van der Waals surface area (Å²) in [5.74, 6) is 0.569. The van der Waals surface area contributed by atoms with E-state index in [9.17, 15) is 4.79 Å². The lowest BCUT2D eigenvalue weighted by atomic mass is 9.92. The molecule has 1 heterocycles. The van der Waals surface area contributed by atoms with E-state index in [-0.39, 0.29) is 11.9 Å². The summed E-state index contributed by atoms with van der Waals surface area (Å²) in [6, 6.07) is 8.26. The molecule has 116 valence electrons. The van der Waals surface area contributed by atoms with Gasteiger partial charge in [-0.1, -0.05) is 19.1 Å². The van der Waals surface area contributed by atoms with Crippen molar-refractivity contribution in [2.24, 2.45) is 11.7 Å². The lowest BCUT2D eigenvalue weighted by Crippen LogP contribution is -2.45. The predicted molar refractivity (Wildman–Crippen MR) is 87.3 cm³/mol. The predicted octanol–water partition coefficient (Wildman–Crippen LogP) is 2.25. The molecular weight excluding hydrogens is 262 g/mol. The lowest BCUT2D eigenvalue weighted by molar-refractivity contribution is -0.117. The van der Waals surface area contributed by atoms with E-state index in [0.29, 0.717) is 12.5 Å². The monoisotopic (exact) mass is 289 g/mol. The van der Waals surface area contributed by atoms with Gasteiger partial charge in [-0.2, -0.15) is 0 Å². The number of carbonyl (C=O) groups excluding carboxylic acids is 1. The molecule has 1 aromatic rings. The molecular formula is C17H27N3O. The van der Waals surface area contributed by atoms with Gasteiger partial charge >= 0.3 is 0 Å². The second-order valence-electron chi connectivity index (χ2n) is 6.10. The molecule has 0 saturated carbocycles. The van der Waals surface area contributed by atoms with Crippen molar-refractivity contribution in [3.05, 3.63) is 29.8 Å². The normalized spacial score (nSPS) is 21.0. The third-order valence-electron chi connectivity index (χ3n) is 4.30. The van der Waals surface area contributed by atoms with Crippen LogP contribution in [0.1, 0.15) is 32.3 Å². The minimum atomic E-state index is 0.0598. The van der Waals surface area contributed by atoms with Gasteiger partial charge in [0.15, 0.2) is 0 Å². The number of amides is 1. The Hall–Kier alpha value is -1.39. The minimum absolute atomic E-state index is 0.0598. The van der Waals surface area contributed by atoms with Crippen molar-refractivity contribution in [3.8, 4) is 0 Å². The molecule has 1 saturated heterocycles. The summed E-state index contributed by atoms with van der Waals surface area (Å²) < 4.78 is 0. The van der Waals surface area contributed by atoms with Crippen LogP contribution in [0.5, 0.6) is 0 Å². The van der Waals surface area contributed by atoms with E-state index in [4.69, 9.17) is 5.73 Å². The molecule has 0 aliphatic carbocycles. The van der Waals surface area contributed by atoms with Crippen molar-refractivity contribution in [2.75, 3.05) is 25.0 Å². The number of nitrogens with two attached hydrogens (primary N) is 1. The number of piperidine rings is 1. The summed E-state index contributed by atoms with van der Waals surface area (Å²) in [6.07, 6.45) is 3.32. The minimum Gasteiger partial charge on any atom is -0.328 e. The summed E-state index contributed by atoms with van der Waals surface area (Å²) in [7, 11) is 0. The maximum absolute atomic E-state index is 12.1. The second-order valence-corrected chi connectivity index (χ2v) is 6.10. The van der Waals surface area contributed by atoms with E-state index in [0.717, 1.165) is 31.6 Å². The molecule has 1 amide bonds. The molecule has 21 heavy (non-hydrogen) atoms. The average molecular weight is 289 g/mol. The van der Waals surface area contributed by atoms with Crippen molar-refractivity contribution in [3.63, 3.8) is 0 Å². The van der Waals surface area contributed by atoms with Gasteiger partial charge in [0.05, 0.1) is 6.54 Å². The van der Waals surface area contributed by atoms with Crippen molar-refractivity contribution < 1.29 is 4.79 Å². The fraction of sp³-hybridized carbons (Fsp3) is 0.588. The maximum atomic E-state index is 12.1. The van der Waals surface area contributed by atoms with Crippen LogP contribution in [0.3, 0.4) is 0 Å². The van der Waals surface area contributed by atoms with Gasteiger partial charge in [-0.05, 0) is 56.3 Å². The topological polar surface area (TPSA) is 58.4 Å². The molecule has 3 N–H and O–H groups in total. The summed E-state index contributed by atoms with van der Waals surface area (Å²) in [5, 5.41) is 2.97. The van der Waals surface area contributed by atoms with E-state index in [1.165, 1.54) is 12.0 Å². The van der Waals surface area contributed by atoms with E-state index in [1.54, 1.807) is 0 Å². The Bertz CT molecular complexity index is 456. The first-order chi connectivity index (χ1) is 10.1. The van der Waals surface area contributed by atoms with Gasteiger partial charge in [0, 0.05) is 18.3 Å². The number of likely N-dealkylation sites (tertiary alicyclic amines) is 1. The first-order valence-corrected chi connectivity index (χ1v) is 7.95. The highest BCUT2D eigenvalue weighted by molar-refractivity contribution is 5.92. The molecule has 4 nitrogen and oxygen atoms in total. The van der Waals surface area contributed by atoms with Crippen LogP contribution in [-0.4, -0.2) is 36.5 Å². The van der Waals surface area contributed by atoms with E-state index in [2.05, 4.69) is 36.2 Å². The number of rotatable bonds is 5. The number of aryl methyl sites for hydroxylation is 1. The Morgan fingerprint density at radius 1 is 1.43 bits per heavy atom. The first-order valence-electron chi connectivity index (χ1n) is 7.95. The third-order valence-corrected chi connectivity index (χ3v) is 4.30. The molecule has 2 rings (SSSR count). The molecule has 1 aromatic carbocycles. The molecule has 0 radical (unpaired) electrons. The highest BCUT2D eigenvalue weighted by Gasteiger charge is 2.23. The number of nitrogens with zero attached hydrogens (tertiary/aromatic N) is 1. The van der Waals surface area contributed by atoms with Gasteiger partial charge in [0.2, 0.25) is 5.91 Å². The van der Waals surface area contributed by atoms with Crippen LogP contribution in [0.2, 0.25) is 0 Å². The number of hydrogen-bond donors (Lipinski definition) is 2. The summed E-state index contributed by atoms with van der Waals surface area (Å²) in [4.78, 5) is 14.3. The van der Waals surface area contributed by atoms with E-state index < -0.39 is 0 Å². The third kappa shape index (κ3) is 4.83. The molecule has 1 fully saturated rings. The summed E-state index contributed by atoms with van der Waals surface area (Å²) >= 11 is 0. The van der Waals surface area contributed by atoms with Crippen LogP contribution in [0.15, 0.2) is 24.3 Å². The van der Waals surface area contributed by atoms with Crippen LogP contribution in [0.4, 0.5) is 5.69 Å². The average Bonchev–Trinajstić information content (AvgIpc) is 2.48. The largest absolute Gasteiger partial charge is 0.328 e. The lowest BCUT2D eigenvalue weighted by Gasteiger charge is -2.34. The molecule has 2 unspecified atom stereocenters.